The number of nitrogens with zero attached hydrogens (tertiary/aromatic N) is 3. The third-order valence-electron chi connectivity index (χ3n) is 4.20. The first-order valence-electron chi connectivity index (χ1n) is 9.57. The highest BCUT2D eigenvalue weighted by atomic mass is 16.5. The number of methoxy groups -OCH3 is 2. The number of ether oxygens (including phenoxy) is 2. The Hall–Kier alpha value is -2.77. The van der Waals surface area contributed by atoms with Crippen LogP contribution >= 0.6 is 0 Å². The van der Waals surface area contributed by atoms with Crippen molar-refractivity contribution in [3.05, 3.63) is 35.5 Å². The van der Waals surface area contributed by atoms with E-state index >= 15 is 0 Å². The maximum absolute atomic E-state index is 5.48. The Morgan fingerprint density at radius 2 is 2.00 bits per heavy atom. The lowest BCUT2D eigenvalue weighted by molar-refractivity contribution is 0.372. The molecule has 0 aliphatic carbocycles. The Kier molecular flexibility index (Phi) is 8.10. The van der Waals surface area contributed by atoms with Crippen molar-refractivity contribution in [2.75, 3.05) is 27.3 Å². The van der Waals surface area contributed by atoms with Gasteiger partial charge in [0.15, 0.2) is 11.8 Å². The van der Waals surface area contributed by atoms with Gasteiger partial charge >= 0.3 is 0 Å². The largest absolute Gasteiger partial charge is 0.497 e. The molecule has 28 heavy (non-hydrogen) atoms. The Labute approximate surface area is 166 Å². The summed E-state index contributed by atoms with van der Waals surface area (Å²) in [6.07, 6.45) is 0.590. The van der Waals surface area contributed by atoms with Crippen LogP contribution in [0.4, 0.5) is 0 Å². The molecular formula is C20H31N5O3. The highest BCUT2D eigenvalue weighted by Gasteiger charge is 2.15. The number of guanidine groups is 1. The summed E-state index contributed by atoms with van der Waals surface area (Å²) < 4.78 is 16.1. The van der Waals surface area contributed by atoms with Crippen molar-refractivity contribution in [3.63, 3.8) is 0 Å². The number of nitrogens with one attached hydrogen (secondary N) is 2. The zero-order valence-corrected chi connectivity index (χ0v) is 17.6. The van der Waals surface area contributed by atoms with Crippen LogP contribution in [0.3, 0.4) is 0 Å². The van der Waals surface area contributed by atoms with Crippen LogP contribution in [-0.2, 0) is 6.42 Å². The van der Waals surface area contributed by atoms with E-state index in [4.69, 9.17) is 14.0 Å². The van der Waals surface area contributed by atoms with Gasteiger partial charge in [0.25, 0.3) is 0 Å². The smallest absolute Gasteiger partial charge is 0.228 e. The first-order valence-corrected chi connectivity index (χ1v) is 9.57. The molecule has 1 aromatic heterocycles. The van der Waals surface area contributed by atoms with Crippen LogP contribution in [0.2, 0.25) is 0 Å². The van der Waals surface area contributed by atoms with E-state index in [9.17, 15) is 0 Å². The van der Waals surface area contributed by atoms with E-state index in [-0.39, 0.29) is 12.0 Å². The van der Waals surface area contributed by atoms with Crippen LogP contribution in [0, 0.1) is 0 Å². The molecule has 1 atom stereocenters. The molecule has 154 valence electrons. The van der Waals surface area contributed by atoms with Crippen molar-refractivity contribution < 1.29 is 14.0 Å². The maximum atomic E-state index is 5.48. The van der Waals surface area contributed by atoms with Crippen LogP contribution in [0.1, 0.15) is 56.9 Å². The summed E-state index contributed by atoms with van der Waals surface area (Å²) >= 11 is 0. The molecule has 2 N–H and O–H groups in total. The molecule has 0 spiro atoms. The summed E-state index contributed by atoms with van der Waals surface area (Å²) in [5, 5.41) is 10.6. The first kappa shape index (κ1) is 21.5. The van der Waals surface area contributed by atoms with Crippen molar-refractivity contribution in [2.24, 2.45) is 4.99 Å². The highest BCUT2D eigenvalue weighted by Crippen LogP contribution is 2.29. The number of rotatable bonds is 9. The fourth-order valence-electron chi connectivity index (χ4n) is 2.65. The van der Waals surface area contributed by atoms with Crippen LogP contribution < -0.4 is 20.1 Å². The molecule has 0 aliphatic rings. The molecule has 2 aromatic rings. The van der Waals surface area contributed by atoms with Gasteiger partial charge in [0.05, 0.1) is 26.8 Å². The minimum absolute atomic E-state index is 0.0289. The molecule has 2 rings (SSSR count). The average molecular weight is 390 g/mol. The first-order chi connectivity index (χ1) is 13.5. The van der Waals surface area contributed by atoms with Crippen LogP contribution in [-0.4, -0.2) is 43.4 Å². The van der Waals surface area contributed by atoms with Gasteiger partial charge in [0.2, 0.25) is 5.89 Å². The standard InChI is InChI=1S/C20H31N5O3/c1-7-21-20(22-11-10-18-24-19(13(2)3)25-28-18)23-14(4)16-12-15(26-5)8-9-17(16)27-6/h8-9,12-14H,7,10-11H2,1-6H3,(H2,21,22,23). The van der Waals surface area contributed by atoms with E-state index < -0.39 is 0 Å². The van der Waals surface area contributed by atoms with E-state index in [2.05, 4.69) is 32.7 Å². The predicted molar refractivity (Wildman–Crippen MR) is 109 cm³/mol. The Bertz CT molecular complexity index is 773. The van der Waals surface area contributed by atoms with Crippen LogP contribution in [0.25, 0.3) is 0 Å². The number of aliphatic imine (C=N–C) groups is 1. The van der Waals surface area contributed by atoms with E-state index in [0.29, 0.717) is 24.8 Å². The normalized spacial score (nSPS) is 12.8. The molecule has 1 aromatic carbocycles. The summed E-state index contributed by atoms with van der Waals surface area (Å²) in [6.45, 7) is 9.45. The number of hydrogen-bond acceptors (Lipinski definition) is 6. The van der Waals surface area contributed by atoms with Crippen molar-refractivity contribution in [3.8, 4) is 11.5 Å². The predicted octanol–water partition coefficient (Wildman–Crippen LogP) is 3.07. The summed E-state index contributed by atoms with van der Waals surface area (Å²) in [5.41, 5.74) is 0.992. The lowest BCUT2D eigenvalue weighted by Gasteiger charge is -2.20. The summed E-state index contributed by atoms with van der Waals surface area (Å²) in [4.78, 5) is 9.01. The van der Waals surface area contributed by atoms with Gasteiger partial charge in [0, 0.05) is 24.4 Å². The Balaban J connectivity index is 2.05. The van der Waals surface area contributed by atoms with Crippen molar-refractivity contribution in [1.82, 2.24) is 20.8 Å². The molecular weight excluding hydrogens is 358 g/mol. The third kappa shape index (κ3) is 5.87. The number of benzene rings is 1. The van der Waals surface area contributed by atoms with E-state index in [0.717, 1.165) is 29.4 Å². The molecule has 0 saturated heterocycles. The molecule has 0 radical (unpaired) electrons. The molecule has 0 bridgehead atoms. The van der Waals surface area contributed by atoms with Gasteiger partial charge in [-0.3, -0.25) is 4.99 Å². The summed E-state index contributed by atoms with van der Waals surface area (Å²) in [6, 6.07) is 5.72. The second kappa shape index (κ2) is 10.5. The van der Waals surface area contributed by atoms with E-state index in [1.807, 2.05) is 39.0 Å². The van der Waals surface area contributed by atoms with Crippen LogP contribution in [0.5, 0.6) is 11.5 Å². The van der Waals surface area contributed by atoms with Gasteiger partial charge < -0.3 is 24.6 Å². The molecule has 8 heteroatoms. The topological polar surface area (TPSA) is 93.8 Å². The second-order valence-electron chi connectivity index (χ2n) is 6.69. The minimum atomic E-state index is -0.0289. The maximum Gasteiger partial charge on any atom is 0.228 e. The van der Waals surface area contributed by atoms with Crippen molar-refractivity contribution in [1.29, 1.82) is 0 Å². The molecule has 0 amide bonds. The summed E-state index contributed by atoms with van der Waals surface area (Å²) in [7, 11) is 3.31. The number of hydrogen-bond donors (Lipinski definition) is 2. The van der Waals surface area contributed by atoms with Gasteiger partial charge in [-0.1, -0.05) is 19.0 Å². The summed E-state index contributed by atoms with van der Waals surface area (Å²) in [5.74, 6) is 3.86. The quantitative estimate of drug-likeness (QED) is 0.503. The van der Waals surface area contributed by atoms with E-state index in [1.54, 1.807) is 14.2 Å². The molecule has 8 nitrogen and oxygen atoms in total. The average Bonchev–Trinajstić information content (AvgIpc) is 3.16. The lowest BCUT2D eigenvalue weighted by Crippen LogP contribution is -2.39. The van der Waals surface area contributed by atoms with Gasteiger partial charge in [-0.2, -0.15) is 4.98 Å². The number of aromatic nitrogens is 2. The van der Waals surface area contributed by atoms with Gasteiger partial charge in [0.1, 0.15) is 11.5 Å². The lowest BCUT2D eigenvalue weighted by atomic mass is 10.1. The fourth-order valence-corrected chi connectivity index (χ4v) is 2.65. The Morgan fingerprint density at radius 1 is 1.21 bits per heavy atom. The molecule has 1 unspecified atom stereocenters. The molecule has 0 saturated carbocycles. The molecule has 0 fully saturated rings. The van der Waals surface area contributed by atoms with Gasteiger partial charge in [-0.05, 0) is 32.0 Å². The zero-order chi connectivity index (χ0) is 20.5. The highest BCUT2D eigenvalue weighted by molar-refractivity contribution is 5.80. The van der Waals surface area contributed by atoms with Crippen molar-refractivity contribution in [2.45, 2.75) is 46.1 Å². The van der Waals surface area contributed by atoms with Gasteiger partial charge in [-0.25, -0.2) is 0 Å². The van der Waals surface area contributed by atoms with Crippen LogP contribution in [0.15, 0.2) is 27.7 Å². The Morgan fingerprint density at radius 3 is 2.61 bits per heavy atom. The van der Waals surface area contributed by atoms with Crippen molar-refractivity contribution >= 4 is 5.96 Å². The third-order valence-corrected chi connectivity index (χ3v) is 4.20. The zero-order valence-electron chi connectivity index (χ0n) is 17.6. The monoisotopic (exact) mass is 389 g/mol. The SMILES string of the molecule is CCNC(=NCCc1nc(C(C)C)no1)NC(C)c1cc(OC)ccc1OC. The second-order valence-corrected chi connectivity index (χ2v) is 6.69. The molecule has 1 heterocycles. The van der Waals surface area contributed by atoms with Gasteiger partial charge in [-0.15, -0.1) is 0 Å². The molecule has 0 aliphatic heterocycles. The minimum Gasteiger partial charge on any atom is -0.497 e. The van der Waals surface area contributed by atoms with E-state index in [1.165, 1.54) is 0 Å². The fraction of sp³-hybridized carbons (Fsp3) is 0.550.